The zero-order valence-corrected chi connectivity index (χ0v) is 14.7. The molecule has 0 atom stereocenters. The van der Waals surface area contributed by atoms with Gasteiger partial charge < -0.3 is 15.0 Å². The highest BCUT2D eigenvalue weighted by Crippen LogP contribution is 2.23. The molecule has 3 N–H and O–H groups in total. The predicted octanol–water partition coefficient (Wildman–Crippen LogP) is -0.437. The highest BCUT2D eigenvalue weighted by molar-refractivity contribution is 5.81. The number of benzene rings is 1. The molecule has 8 heteroatoms. The minimum absolute atomic E-state index is 0.194. The Morgan fingerprint density at radius 3 is 2.48 bits per heavy atom. The zero-order chi connectivity index (χ0) is 18.1. The summed E-state index contributed by atoms with van der Waals surface area (Å²) in [5, 5.41) is 0. The molecule has 132 valence electrons. The molecule has 0 bridgehead atoms. The average molecular weight is 344 g/mol. The lowest BCUT2D eigenvalue weighted by molar-refractivity contribution is -0.370. The summed E-state index contributed by atoms with van der Waals surface area (Å²) in [6.07, 6.45) is 0. The van der Waals surface area contributed by atoms with E-state index in [0.717, 1.165) is 21.2 Å². The topological polar surface area (TPSA) is 107 Å². The Bertz CT molecular complexity index is 1020. The maximum atomic E-state index is 12.7. The summed E-state index contributed by atoms with van der Waals surface area (Å²) in [7, 11) is 1.61. The molecule has 0 fully saturated rings. The number of rotatable bonds is 5. The minimum Gasteiger partial charge on any atom is -0.383 e. The third-order valence-electron chi connectivity index (χ3n) is 4.36. The monoisotopic (exact) mass is 344 g/mol. The molecular weight excluding hydrogens is 322 g/mol. The molecule has 8 nitrogen and oxygen atoms in total. The van der Waals surface area contributed by atoms with E-state index in [4.69, 9.17) is 4.74 Å². The molecule has 0 amide bonds. The summed E-state index contributed by atoms with van der Waals surface area (Å²) >= 11 is 0. The van der Waals surface area contributed by atoms with E-state index in [0.29, 0.717) is 31.0 Å². The second kappa shape index (κ2) is 6.73. The van der Waals surface area contributed by atoms with Gasteiger partial charge in [-0.3, -0.25) is 9.36 Å². The average Bonchev–Trinajstić information content (AvgIpc) is 2.58. The van der Waals surface area contributed by atoms with E-state index in [1.54, 1.807) is 7.11 Å². The van der Waals surface area contributed by atoms with Crippen LogP contribution in [-0.4, -0.2) is 39.4 Å². The van der Waals surface area contributed by atoms with Gasteiger partial charge in [-0.15, -0.1) is 0 Å². The number of nitrogens with zero attached hydrogens (tertiary/aromatic N) is 4. The van der Waals surface area contributed by atoms with E-state index in [1.165, 1.54) is 0 Å². The van der Waals surface area contributed by atoms with Gasteiger partial charge in [0, 0.05) is 13.7 Å². The van der Waals surface area contributed by atoms with E-state index in [9.17, 15) is 9.59 Å². The number of methoxy groups -OCH3 is 1. The standard InChI is InChI=1S/C17H21N5O3/c1-10-8-12-13(9-11(10)2)21(6-7-25-3)15-14(19-12)16(23)22(5-4-18)17(24)20-15/h8-9H,4-7,18H2,1-3H3/p+1. The normalized spacial score (nSPS) is 11.5. The third-order valence-corrected chi connectivity index (χ3v) is 4.36. The number of aromatic nitrogens is 4. The number of ether oxygens (including phenoxy) is 1. The molecule has 2 aliphatic rings. The SMILES string of the molecule is COCCn1c2nc(=O)n(CC[NH3+])c(=O)c-2nc2cc(C)c(C)cc21. The van der Waals surface area contributed by atoms with Crippen molar-refractivity contribution in [1.82, 2.24) is 19.1 Å². The molecule has 0 spiro atoms. The second-order valence-corrected chi connectivity index (χ2v) is 6.06. The van der Waals surface area contributed by atoms with Gasteiger partial charge in [-0.25, -0.2) is 9.78 Å². The van der Waals surface area contributed by atoms with Crippen LogP contribution in [-0.2, 0) is 17.8 Å². The highest BCUT2D eigenvalue weighted by Gasteiger charge is 2.21. The van der Waals surface area contributed by atoms with Crippen molar-refractivity contribution in [3.05, 3.63) is 44.1 Å². The van der Waals surface area contributed by atoms with Crippen molar-refractivity contribution < 1.29 is 10.5 Å². The van der Waals surface area contributed by atoms with Crippen LogP contribution in [0.1, 0.15) is 11.1 Å². The summed E-state index contributed by atoms with van der Waals surface area (Å²) in [6, 6.07) is 3.95. The van der Waals surface area contributed by atoms with E-state index in [2.05, 4.69) is 15.7 Å². The van der Waals surface area contributed by atoms with Gasteiger partial charge in [-0.1, -0.05) is 0 Å². The van der Waals surface area contributed by atoms with Crippen molar-refractivity contribution in [3.8, 4) is 11.5 Å². The zero-order valence-electron chi connectivity index (χ0n) is 14.7. The molecule has 2 heterocycles. The predicted molar refractivity (Wildman–Crippen MR) is 93.8 cm³/mol. The van der Waals surface area contributed by atoms with Crippen LogP contribution in [0, 0.1) is 13.8 Å². The van der Waals surface area contributed by atoms with E-state index in [1.807, 2.05) is 30.5 Å². The fourth-order valence-corrected chi connectivity index (χ4v) is 2.89. The third kappa shape index (κ3) is 2.94. The molecule has 1 aromatic carbocycles. The first-order chi connectivity index (χ1) is 12.0. The summed E-state index contributed by atoms with van der Waals surface area (Å²) in [6.45, 7) is 5.57. The summed E-state index contributed by atoms with van der Waals surface area (Å²) in [5.74, 6) is 0.295. The van der Waals surface area contributed by atoms with Gasteiger partial charge in [0.15, 0.2) is 11.5 Å². The Morgan fingerprint density at radius 2 is 1.80 bits per heavy atom. The summed E-state index contributed by atoms with van der Waals surface area (Å²) in [4.78, 5) is 33.7. The van der Waals surface area contributed by atoms with Crippen LogP contribution in [0.2, 0.25) is 0 Å². The smallest absolute Gasteiger partial charge is 0.352 e. The van der Waals surface area contributed by atoms with Crippen LogP contribution in [0.3, 0.4) is 0 Å². The van der Waals surface area contributed by atoms with Gasteiger partial charge in [0.25, 0.3) is 5.56 Å². The van der Waals surface area contributed by atoms with Gasteiger partial charge in [0.2, 0.25) is 0 Å². The van der Waals surface area contributed by atoms with Crippen molar-refractivity contribution in [2.45, 2.75) is 26.9 Å². The maximum Gasteiger partial charge on any atom is 0.352 e. The first kappa shape index (κ1) is 17.2. The molecule has 0 saturated heterocycles. The molecule has 2 aliphatic heterocycles. The quantitative estimate of drug-likeness (QED) is 0.632. The number of fused-ring (bicyclic) bond motifs is 2. The van der Waals surface area contributed by atoms with Crippen LogP contribution in [0.5, 0.6) is 0 Å². The molecule has 0 unspecified atom stereocenters. The molecule has 0 aliphatic carbocycles. The van der Waals surface area contributed by atoms with Gasteiger partial charge in [0.1, 0.15) is 0 Å². The van der Waals surface area contributed by atoms with Crippen LogP contribution in [0.15, 0.2) is 21.7 Å². The van der Waals surface area contributed by atoms with Gasteiger partial charge in [-0.05, 0) is 37.1 Å². The van der Waals surface area contributed by atoms with Gasteiger partial charge in [0.05, 0.1) is 30.7 Å². The van der Waals surface area contributed by atoms with E-state index < -0.39 is 11.2 Å². The molecule has 3 rings (SSSR count). The van der Waals surface area contributed by atoms with Crippen molar-refractivity contribution in [3.63, 3.8) is 0 Å². The Hall–Kier alpha value is -2.58. The Balaban J connectivity index is 2.44. The van der Waals surface area contributed by atoms with Crippen molar-refractivity contribution in [1.29, 1.82) is 0 Å². The molecule has 0 radical (unpaired) electrons. The second-order valence-electron chi connectivity index (χ2n) is 6.06. The van der Waals surface area contributed by atoms with Crippen LogP contribution in [0.25, 0.3) is 22.6 Å². The lowest BCUT2D eigenvalue weighted by Gasteiger charge is -2.18. The molecule has 0 saturated carbocycles. The molecule has 1 aromatic rings. The highest BCUT2D eigenvalue weighted by atomic mass is 16.5. The first-order valence-electron chi connectivity index (χ1n) is 8.18. The Labute approximate surface area is 144 Å². The fourth-order valence-electron chi connectivity index (χ4n) is 2.89. The van der Waals surface area contributed by atoms with Crippen LogP contribution >= 0.6 is 0 Å². The molecule has 25 heavy (non-hydrogen) atoms. The van der Waals surface area contributed by atoms with Gasteiger partial charge in [-0.2, -0.15) is 4.98 Å². The minimum atomic E-state index is -0.572. The van der Waals surface area contributed by atoms with E-state index in [-0.39, 0.29) is 12.2 Å². The lowest BCUT2D eigenvalue weighted by Crippen LogP contribution is -2.54. The summed E-state index contributed by atoms with van der Waals surface area (Å²) < 4.78 is 8.11. The largest absolute Gasteiger partial charge is 0.383 e. The fraction of sp³-hybridized carbons (Fsp3) is 0.412. The number of quaternary nitrogens is 1. The lowest BCUT2D eigenvalue weighted by atomic mass is 10.1. The van der Waals surface area contributed by atoms with Crippen molar-refractivity contribution >= 4 is 11.0 Å². The Kier molecular flexibility index (Phi) is 4.65. The Morgan fingerprint density at radius 1 is 1.08 bits per heavy atom. The summed E-state index contributed by atoms with van der Waals surface area (Å²) in [5.41, 5.74) is 6.62. The van der Waals surface area contributed by atoms with E-state index >= 15 is 0 Å². The maximum absolute atomic E-state index is 12.7. The van der Waals surface area contributed by atoms with Crippen molar-refractivity contribution in [2.24, 2.45) is 0 Å². The first-order valence-corrected chi connectivity index (χ1v) is 8.18. The van der Waals surface area contributed by atoms with Gasteiger partial charge >= 0.3 is 5.69 Å². The molecule has 0 aromatic heterocycles. The number of hydrogen-bond donors (Lipinski definition) is 1. The number of hydrogen-bond acceptors (Lipinski definition) is 5. The van der Waals surface area contributed by atoms with Crippen LogP contribution < -0.4 is 17.0 Å². The van der Waals surface area contributed by atoms with Crippen LogP contribution in [0.4, 0.5) is 0 Å². The number of aryl methyl sites for hydroxylation is 2. The van der Waals surface area contributed by atoms with Crippen molar-refractivity contribution in [2.75, 3.05) is 20.3 Å². The molecular formula is C17H22N5O3+.